The van der Waals surface area contributed by atoms with Crippen LogP contribution in [0.5, 0.6) is 11.5 Å². The van der Waals surface area contributed by atoms with Gasteiger partial charge in [0.25, 0.3) is 5.91 Å². The van der Waals surface area contributed by atoms with Crippen molar-refractivity contribution in [2.45, 2.75) is 6.92 Å². The Morgan fingerprint density at radius 3 is 2.70 bits per heavy atom. The van der Waals surface area contributed by atoms with E-state index in [4.69, 9.17) is 26.5 Å². The lowest BCUT2D eigenvalue weighted by molar-refractivity contribution is -0.114. The van der Waals surface area contributed by atoms with Gasteiger partial charge in [-0.3, -0.25) is 10.2 Å². The molecular weight excluding hydrogens is 424 g/mol. The number of benzene rings is 2. The second-order valence-electron chi connectivity index (χ2n) is 6.46. The van der Waals surface area contributed by atoms with E-state index in [9.17, 15) is 4.79 Å². The topological polar surface area (TPSA) is 87.3 Å². The number of amidine groups is 2. The zero-order valence-corrected chi connectivity index (χ0v) is 17.5. The van der Waals surface area contributed by atoms with Crippen LogP contribution in [-0.4, -0.2) is 40.7 Å². The molecule has 152 valence electrons. The number of halogens is 1. The normalized spacial score (nSPS) is 16.7. The number of aliphatic imine (C=N–C) groups is 1. The number of hydrogen-bond donors (Lipinski definition) is 1. The molecule has 0 unspecified atom stereocenters. The summed E-state index contributed by atoms with van der Waals surface area (Å²) in [5, 5.41) is 14.3. The quantitative estimate of drug-likeness (QED) is 0.532. The smallest absolute Gasteiger partial charge is 0.283 e. The molecule has 0 aromatic heterocycles. The molecule has 0 bridgehead atoms. The maximum Gasteiger partial charge on any atom is 0.283 e. The van der Waals surface area contributed by atoms with Crippen molar-refractivity contribution in [1.82, 2.24) is 5.01 Å². The molecule has 0 atom stereocenters. The van der Waals surface area contributed by atoms with Crippen LogP contribution in [0.3, 0.4) is 0 Å². The maximum atomic E-state index is 12.2. The lowest BCUT2D eigenvalue weighted by Crippen LogP contribution is -2.35. The minimum atomic E-state index is -0.478. The lowest BCUT2D eigenvalue weighted by atomic mass is 10.1. The number of rotatable bonds is 6. The zero-order valence-electron chi connectivity index (χ0n) is 16.0. The van der Waals surface area contributed by atoms with Gasteiger partial charge in [0, 0.05) is 0 Å². The molecule has 0 saturated heterocycles. The standard InChI is InChI=1S/C21H17ClN4O3S/c1-13-2-5-15(6-3-13)28-8-9-29-18-7-4-14(11-17(18)22)10-16-19(23)26-21(25-20(16)27)30-12-24-26/h2-7,10-12,23H,8-9H2,1H3. The van der Waals surface area contributed by atoms with Crippen LogP contribution in [0.4, 0.5) is 0 Å². The minimum Gasteiger partial charge on any atom is -0.490 e. The highest BCUT2D eigenvalue weighted by molar-refractivity contribution is 8.25. The number of fused-ring (bicyclic) bond motifs is 1. The summed E-state index contributed by atoms with van der Waals surface area (Å²) >= 11 is 7.53. The number of carbonyl (C=O) groups is 1. The Morgan fingerprint density at radius 2 is 1.93 bits per heavy atom. The van der Waals surface area contributed by atoms with E-state index < -0.39 is 5.91 Å². The van der Waals surface area contributed by atoms with Crippen LogP contribution in [-0.2, 0) is 4.79 Å². The minimum absolute atomic E-state index is 0.0176. The van der Waals surface area contributed by atoms with Gasteiger partial charge in [0.2, 0.25) is 0 Å². The molecule has 0 aliphatic carbocycles. The average molecular weight is 441 g/mol. The molecule has 1 amide bonds. The predicted octanol–water partition coefficient (Wildman–Crippen LogP) is 4.36. The van der Waals surface area contributed by atoms with Gasteiger partial charge in [-0.15, -0.1) is 0 Å². The third-order valence-electron chi connectivity index (χ3n) is 4.29. The van der Waals surface area contributed by atoms with E-state index in [0.29, 0.717) is 34.7 Å². The SMILES string of the molecule is Cc1ccc(OCCOc2ccc(C=C3C(=N)N4N=CSC4=NC3=O)cc2Cl)cc1. The van der Waals surface area contributed by atoms with E-state index in [1.54, 1.807) is 24.3 Å². The second kappa shape index (κ2) is 8.73. The highest BCUT2D eigenvalue weighted by atomic mass is 35.5. The summed E-state index contributed by atoms with van der Waals surface area (Å²) in [6.07, 6.45) is 1.57. The summed E-state index contributed by atoms with van der Waals surface area (Å²) < 4.78 is 11.3. The van der Waals surface area contributed by atoms with Crippen molar-refractivity contribution in [3.05, 3.63) is 64.2 Å². The summed E-state index contributed by atoms with van der Waals surface area (Å²) in [4.78, 5) is 16.2. The van der Waals surface area contributed by atoms with Gasteiger partial charge in [0.1, 0.15) is 24.7 Å². The Hall–Kier alpha value is -3.10. The summed E-state index contributed by atoms with van der Waals surface area (Å²) in [6, 6.07) is 12.9. The first-order valence-corrected chi connectivity index (χ1v) is 10.3. The molecule has 2 aromatic rings. The molecule has 2 aromatic carbocycles. The Morgan fingerprint density at radius 1 is 1.17 bits per heavy atom. The van der Waals surface area contributed by atoms with Crippen LogP contribution in [0.1, 0.15) is 11.1 Å². The van der Waals surface area contributed by atoms with Gasteiger partial charge in [0.15, 0.2) is 11.0 Å². The number of thioether (sulfide) groups is 1. The van der Waals surface area contributed by atoms with Crippen molar-refractivity contribution >= 4 is 51.9 Å². The van der Waals surface area contributed by atoms with Gasteiger partial charge >= 0.3 is 0 Å². The van der Waals surface area contributed by atoms with Crippen LogP contribution in [0.15, 0.2) is 58.1 Å². The van der Waals surface area contributed by atoms with E-state index in [2.05, 4.69) is 10.1 Å². The number of nitrogens with zero attached hydrogens (tertiary/aromatic N) is 3. The Labute approximate surface area is 182 Å². The van der Waals surface area contributed by atoms with Crippen molar-refractivity contribution in [2.24, 2.45) is 10.1 Å². The number of amides is 1. The summed E-state index contributed by atoms with van der Waals surface area (Å²) in [7, 11) is 0. The largest absolute Gasteiger partial charge is 0.490 e. The first kappa shape index (κ1) is 20.2. The molecule has 4 rings (SSSR count). The highest BCUT2D eigenvalue weighted by Crippen LogP contribution is 2.29. The number of hydrogen-bond acceptors (Lipinski definition) is 6. The molecule has 2 aliphatic rings. The Kier molecular flexibility index (Phi) is 5.87. The number of carbonyl (C=O) groups excluding carboxylic acids is 1. The van der Waals surface area contributed by atoms with Gasteiger partial charge in [-0.2, -0.15) is 15.1 Å². The number of ether oxygens (including phenoxy) is 2. The average Bonchev–Trinajstić information content (AvgIpc) is 3.19. The number of nitrogens with one attached hydrogen (secondary N) is 1. The molecule has 2 aliphatic heterocycles. The Bertz CT molecular complexity index is 1100. The fourth-order valence-corrected chi connectivity index (χ4v) is 3.63. The first-order chi connectivity index (χ1) is 14.5. The van der Waals surface area contributed by atoms with Crippen LogP contribution in [0.25, 0.3) is 6.08 Å². The summed E-state index contributed by atoms with van der Waals surface area (Å²) in [6.45, 7) is 2.73. The zero-order chi connectivity index (χ0) is 21.1. The molecule has 7 nitrogen and oxygen atoms in total. The maximum absolute atomic E-state index is 12.2. The van der Waals surface area contributed by atoms with Gasteiger partial charge in [0.05, 0.1) is 16.1 Å². The third-order valence-corrected chi connectivity index (χ3v) is 5.26. The van der Waals surface area contributed by atoms with Gasteiger partial charge in [-0.05, 0) is 54.6 Å². The van der Waals surface area contributed by atoms with E-state index in [1.165, 1.54) is 27.9 Å². The van der Waals surface area contributed by atoms with Crippen LogP contribution >= 0.6 is 23.4 Å². The van der Waals surface area contributed by atoms with Crippen molar-refractivity contribution in [2.75, 3.05) is 13.2 Å². The van der Waals surface area contributed by atoms with Crippen molar-refractivity contribution in [1.29, 1.82) is 5.41 Å². The van der Waals surface area contributed by atoms with Crippen LogP contribution < -0.4 is 9.47 Å². The van der Waals surface area contributed by atoms with E-state index in [1.807, 2.05) is 31.2 Å². The van der Waals surface area contributed by atoms with E-state index >= 15 is 0 Å². The number of hydrazone groups is 1. The predicted molar refractivity (Wildman–Crippen MR) is 120 cm³/mol. The first-order valence-electron chi connectivity index (χ1n) is 9.06. The van der Waals surface area contributed by atoms with Gasteiger partial charge in [-0.1, -0.05) is 35.4 Å². The van der Waals surface area contributed by atoms with E-state index in [-0.39, 0.29) is 11.4 Å². The lowest BCUT2D eigenvalue weighted by Gasteiger charge is -2.20. The molecular formula is C21H17ClN4O3S. The third kappa shape index (κ3) is 4.39. The van der Waals surface area contributed by atoms with Gasteiger partial charge < -0.3 is 9.47 Å². The monoisotopic (exact) mass is 440 g/mol. The summed E-state index contributed by atoms with van der Waals surface area (Å²) in [5.74, 6) is 0.797. The fourth-order valence-electron chi connectivity index (χ4n) is 2.77. The van der Waals surface area contributed by atoms with Crippen molar-refractivity contribution < 1.29 is 14.3 Å². The molecule has 0 fully saturated rings. The molecule has 0 spiro atoms. The Balaban J connectivity index is 1.39. The van der Waals surface area contributed by atoms with Crippen LogP contribution in [0.2, 0.25) is 5.02 Å². The second-order valence-corrected chi connectivity index (χ2v) is 7.68. The molecule has 2 heterocycles. The van der Waals surface area contributed by atoms with E-state index in [0.717, 1.165) is 5.75 Å². The van der Waals surface area contributed by atoms with Gasteiger partial charge in [-0.25, -0.2) is 0 Å². The molecule has 0 saturated carbocycles. The fraction of sp³-hybridized carbons (Fsp3) is 0.143. The summed E-state index contributed by atoms with van der Waals surface area (Å²) in [5.41, 5.74) is 3.51. The van der Waals surface area contributed by atoms with Crippen molar-refractivity contribution in [3.8, 4) is 11.5 Å². The highest BCUT2D eigenvalue weighted by Gasteiger charge is 2.32. The molecule has 1 N–H and O–H groups in total. The number of aryl methyl sites for hydroxylation is 1. The van der Waals surface area contributed by atoms with Crippen molar-refractivity contribution in [3.63, 3.8) is 0 Å². The van der Waals surface area contributed by atoms with Crippen LogP contribution in [0, 0.1) is 12.3 Å². The molecule has 0 radical (unpaired) electrons. The molecule has 30 heavy (non-hydrogen) atoms. The molecule has 9 heteroatoms.